The molecule has 1 aromatic carbocycles. The lowest BCUT2D eigenvalue weighted by molar-refractivity contribution is -0.137. The number of benzene rings is 1. The minimum atomic E-state index is -4.47. The highest BCUT2D eigenvalue weighted by atomic mass is 79.9. The number of carbonyl (C=O) groups excluding carboxylic acids is 1. The maximum atomic E-state index is 12.7. The molecule has 0 saturated carbocycles. The molecule has 1 unspecified atom stereocenters. The lowest BCUT2D eigenvalue weighted by Gasteiger charge is -2.28. The molecule has 6 heteroatoms. The highest BCUT2D eigenvalue weighted by Gasteiger charge is 2.32. The van der Waals surface area contributed by atoms with E-state index < -0.39 is 17.6 Å². The van der Waals surface area contributed by atoms with Gasteiger partial charge in [0.25, 0.3) is 5.91 Å². The third kappa shape index (κ3) is 4.23. The van der Waals surface area contributed by atoms with Gasteiger partial charge in [-0.15, -0.1) is 0 Å². The predicted molar refractivity (Wildman–Crippen MR) is 75.5 cm³/mol. The molecule has 1 atom stereocenters. The SMILES string of the molecule is CC(NC(=O)c1cc(C(F)(F)F)ccc1Br)C(C)(C)C. The zero-order valence-electron chi connectivity index (χ0n) is 11.7. The summed E-state index contributed by atoms with van der Waals surface area (Å²) < 4.78 is 38.3. The Morgan fingerprint density at radius 1 is 1.25 bits per heavy atom. The Hall–Kier alpha value is -1.04. The monoisotopic (exact) mass is 351 g/mol. The van der Waals surface area contributed by atoms with E-state index in [-0.39, 0.29) is 17.0 Å². The molecule has 0 fully saturated rings. The number of halogens is 4. The second-order valence-corrected chi connectivity index (χ2v) is 6.61. The van der Waals surface area contributed by atoms with E-state index in [2.05, 4.69) is 21.2 Å². The number of carbonyl (C=O) groups is 1. The van der Waals surface area contributed by atoms with Crippen molar-refractivity contribution in [2.75, 3.05) is 0 Å². The molecule has 0 aliphatic carbocycles. The van der Waals surface area contributed by atoms with E-state index in [0.717, 1.165) is 12.1 Å². The van der Waals surface area contributed by atoms with E-state index in [1.807, 2.05) is 27.7 Å². The zero-order valence-corrected chi connectivity index (χ0v) is 13.3. The van der Waals surface area contributed by atoms with Gasteiger partial charge in [-0.3, -0.25) is 4.79 Å². The molecule has 1 N–H and O–H groups in total. The third-order valence-corrected chi connectivity index (χ3v) is 3.88. The fourth-order valence-corrected chi connectivity index (χ4v) is 1.79. The van der Waals surface area contributed by atoms with Crippen LogP contribution in [0.3, 0.4) is 0 Å². The average Bonchev–Trinajstić information content (AvgIpc) is 2.26. The number of alkyl halides is 3. The van der Waals surface area contributed by atoms with E-state index in [9.17, 15) is 18.0 Å². The van der Waals surface area contributed by atoms with Crippen LogP contribution in [0.15, 0.2) is 22.7 Å². The van der Waals surface area contributed by atoms with Crippen LogP contribution in [0.5, 0.6) is 0 Å². The molecule has 0 spiro atoms. The van der Waals surface area contributed by atoms with Gasteiger partial charge in [0.1, 0.15) is 0 Å². The largest absolute Gasteiger partial charge is 0.416 e. The molecule has 0 heterocycles. The molecule has 0 saturated heterocycles. The van der Waals surface area contributed by atoms with Crippen LogP contribution in [-0.2, 0) is 6.18 Å². The lowest BCUT2D eigenvalue weighted by Crippen LogP contribution is -2.41. The lowest BCUT2D eigenvalue weighted by atomic mass is 9.88. The second-order valence-electron chi connectivity index (χ2n) is 5.75. The van der Waals surface area contributed by atoms with Gasteiger partial charge in [-0.2, -0.15) is 13.2 Å². The highest BCUT2D eigenvalue weighted by molar-refractivity contribution is 9.10. The van der Waals surface area contributed by atoms with Crippen LogP contribution in [0, 0.1) is 5.41 Å². The quantitative estimate of drug-likeness (QED) is 0.826. The highest BCUT2D eigenvalue weighted by Crippen LogP contribution is 2.32. The minimum Gasteiger partial charge on any atom is -0.349 e. The Bertz CT molecular complexity index is 506. The van der Waals surface area contributed by atoms with Crippen LogP contribution in [0.1, 0.15) is 43.6 Å². The van der Waals surface area contributed by atoms with Crippen LogP contribution < -0.4 is 5.32 Å². The minimum absolute atomic E-state index is 0.0177. The van der Waals surface area contributed by atoms with E-state index in [4.69, 9.17) is 0 Å². The topological polar surface area (TPSA) is 29.1 Å². The Balaban J connectivity index is 3.04. The first-order valence-electron chi connectivity index (χ1n) is 6.10. The Labute approximate surface area is 124 Å². The molecule has 112 valence electrons. The van der Waals surface area contributed by atoms with Crippen molar-refractivity contribution in [1.82, 2.24) is 5.32 Å². The van der Waals surface area contributed by atoms with Gasteiger partial charge < -0.3 is 5.32 Å². The fourth-order valence-electron chi connectivity index (χ4n) is 1.37. The number of nitrogens with one attached hydrogen (secondary N) is 1. The maximum Gasteiger partial charge on any atom is 0.416 e. The van der Waals surface area contributed by atoms with Gasteiger partial charge in [0.2, 0.25) is 0 Å². The summed E-state index contributed by atoms with van der Waals surface area (Å²) in [6.07, 6.45) is -4.47. The molecule has 2 nitrogen and oxygen atoms in total. The van der Waals surface area contributed by atoms with Crippen LogP contribution in [0.25, 0.3) is 0 Å². The average molecular weight is 352 g/mol. The first-order chi connectivity index (χ1) is 8.93. The molecular weight excluding hydrogens is 335 g/mol. The standard InChI is InChI=1S/C14H17BrF3NO/c1-8(13(2,3)4)19-12(20)10-7-9(14(16,17)18)5-6-11(10)15/h5-8H,1-4H3,(H,19,20). The van der Waals surface area contributed by atoms with Gasteiger partial charge in [-0.1, -0.05) is 20.8 Å². The summed E-state index contributed by atoms with van der Waals surface area (Å²) in [6.45, 7) is 7.65. The van der Waals surface area contributed by atoms with Crippen molar-refractivity contribution >= 4 is 21.8 Å². The van der Waals surface area contributed by atoms with E-state index in [1.165, 1.54) is 6.07 Å². The van der Waals surface area contributed by atoms with Crippen LogP contribution in [0.4, 0.5) is 13.2 Å². The van der Waals surface area contributed by atoms with Crippen LogP contribution in [0.2, 0.25) is 0 Å². The van der Waals surface area contributed by atoms with Gasteiger partial charge in [0.15, 0.2) is 0 Å². The Kier molecular flexibility index (Phi) is 4.90. The van der Waals surface area contributed by atoms with Gasteiger partial charge in [-0.25, -0.2) is 0 Å². The van der Waals surface area contributed by atoms with Crippen molar-refractivity contribution in [3.05, 3.63) is 33.8 Å². The smallest absolute Gasteiger partial charge is 0.349 e. The van der Waals surface area contributed by atoms with E-state index >= 15 is 0 Å². The number of hydrogen-bond acceptors (Lipinski definition) is 1. The normalized spacial score (nSPS) is 14.0. The molecule has 0 aromatic heterocycles. The van der Waals surface area contributed by atoms with Gasteiger partial charge in [0, 0.05) is 10.5 Å². The van der Waals surface area contributed by atoms with Crippen molar-refractivity contribution in [1.29, 1.82) is 0 Å². The van der Waals surface area contributed by atoms with Crippen molar-refractivity contribution in [2.24, 2.45) is 5.41 Å². The Morgan fingerprint density at radius 3 is 2.25 bits per heavy atom. The van der Waals surface area contributed by atoms with Crippen molar-refractivity contribution < 1.29 is 18.0 Å². The van der Waals surface area contributed by atoms with Gasteiger partial charge >= 0.3 is 6.18 Å². The molecule has 1 rings (SSSR count). The number of hydrogen-bond donors (Lipinski definition) is 1. The predicted octanol–water partition coefficient (Wildman–Crippen LogP) is 4.63. The maximum absolute atomic E-state index is 12.7. The zero-order chi connectivity index (χ0) is 15.7. The summed E-state index contributed by atoms with van der Waals surface area (Å²) >= 11 is 3.11. The molecular formula is C14H17BrF3NO. The summed E-state index contributed by atoms with van der Waals surface area (Å²) in [5, 5.41) is 2.72. The molecule has 0 bridgehead atoms. The van der Waals surface area contributed by atoms with Crippen LogP contribution in [-0.4, -0.2) is 11.9 Å². The summed E-state index contributed by atoms with van der Waals surface area (Å²) in [7, 11) is 0. The molecule has 20 heavy (non-hydrogen) atoms. The summed E-state index contributed by atoms with van der Waals surface area (Å²) in [6, 6.07) is 2.86. The van der Waals surface area contributed by atoms with Gasteiger partial charge in [0.05, 0.1) is 11.1 Å². The molecule has 0 aliphatic rings. The molecule has 0 radical (unpaired) electrons. The van der Waals surface area contributed by atoms with Crippen LogP contribution >= 0.6 is 15.9 Å². The van der Waals surface area contributed by atoms with Crippen molar-refractivity contribution in [3.8, 4) is 0 Å². The second kappa shape index (κ2) is 5.76. The van der Waals surface area contributed by atoms with Crippen molar-refractivity contribution in [3.63, 3.8) is 0 Å². The molecule has 1 amide bonds. The summed E-state index contributed by atoms with van der Waals surface area (Å²) in [5.74, 6) is -0.523. The van der Waals surface area contributed by atoms with Gasteiger partial charge in [-0.05, 0) is 46.5 Å². The van der Waals surface area contributed by atoms with E-state index in [1.54, 1.807) is 0 Å². The number of amides is 1. The third-order valence-electron chi connectivity index (χ3n) is 3.18. The molecule has 1 aromatic rings. The first kappa shape index (κ1) is 17.0. The fraction of sp³-hybridized carbons (Fsp3) is 0.500. The molecule has 0 aliphatic heterocycles. The summed E-state index contributed by atoms with van der Waals surface area (Å²) in [4.78, 5) is 12.1. The van der Waals surface area contributed by atoms with E-state index in [0.29, 0.717) is 4.47 Å². The Morgan fingerprint density at radius 2 is 1.80 bits per heavy atom. The first-order valence-corrected chi connectivity index (χ1v) is 6.90. The number of rotatable bonds is 2. The summed E-state index contributed by atoms with van der Waals surface area (Å²) in [5.41, 5.74) is -1.03. The van der Waals surface area contributed by atoms with Crippen molar-refractivity contribution in [2.45, 2.75) is 39.9 Å².